The summed E-state index contributed by atoms with van der Waals surface area (Å²) in [5.41, 5.74) is 8.47. The SMILES string of the molecule is Nc1cccc(-c2nc(-c3ccc(F)c(F)c3)cs2)c1. The number of hydrogen-bond acceptors (Lipinski definition) is 3. The van der Waals surface area contributed by atoms with Crippen molar-refractivity contribution in [3.8, 4) is 21.8 Å². The lowest BCUT2D eigenvalue weighted by molar-refractivity contribution is 0.509. The molecule has 0 saturated heterocycles. The van der Waals surface area contributed by atoms with Crippen LogP contribution in [0, 0.1) is 11.6 Å². The average molecular weight is 288 g/mol. The largest absolute Gasteiger partial charge is 0.399 e. The first-order valence-corrected chi connectivity index (χ1v) is 6.78. The topological polar surface area (TPSA) is 38.9 Å². The Morgan fingerprint density at radius 1 is 0.950 bits per heavy atom. The highest BCUT2D eigenvalue weighted by atomic mass is 32.1. The van der Waals surface area contributed by atoms with Gasteiger partial charge in [-0.15, -0.1) is 11.3 Å². The molecule has 2 aromatic carbocycles. The van der Waals surface area contributed by atoms with Gasteiger partial charge in [0.25, 0.3) is 0 Å². The maximum absolute atomic E-state index is 13.2. The summed E-state index contributed by atoms with van der Waals surface area (Å²) >= 11 is 1.43. The van der Waals surface area contributed by atoms with Crippen LogP contribution in [0.3, 0.4) is 0 Å². The Morgan fingerprint density at radius 2 is 1.80 bits per heavy atom. The molecular formula is C15H10F2N2S. The van der Waals surface area contributed by atoms with E-state index in [2.05, 4.69) is 4.98 Å². The van der Waals surface area contributed by atoms with Gasteiger partial charge in [0.2, 0.25) is 0 Å². The molecule has 0 amide bonds. The van der Waals surface area contributed by atoms with E-state index in [1.54, 1.807) is 6.07 Å². The number of nitrogens with zero attached hydrogens (tertiary/aromatic N) is 1. The van der Waals surface area contributed by atoms with E-state index in [0.29, 0.717) is 16.9 Å². The Morgan fingerprint density at radius 3 is 2.55 bits per heavy atom. The first kappa shape index (κ1) is 12.7. The molecule has 0 aliphatic rings. The minimum Gasteiger partial charge on any atom is -0.399 e. The molecule has 0 spiro atoms. The summed E-state index contributed by atoms with van der Waals surface area (Å²) in [6, 6.07) is 11.1. The molecular weight excluding hydrogens is 278 g/mol. The van der Waals surface area contributed by atoms with Crippen molar-refractivity contribution in [2.75, 3.05) is 5.73 Å². The average Bonchev–Trinajstić information content (AvgIpc) is 2.92. The van der Waals surface area contributed by atoms with E-state index in [-0.39, 0.29) is 0 Å². The van der Waals surface area contributed by atoms with Crippen molar-refractivity contribution >= 4 is 17.0 Å². The second kappa shape index (κ2) is 5.02. The third-order valence-corrected chi connectivity index (χ3v) is 3.74. The standard InChI is InChI=1S/C15H10F2N2S/c16-12-5-4-9(7-13(12)17)14-8-20-15(19-14)10-2-1-3-11(18)6-10/h1-8H,18H2. The van der Waals surface area contributed by atoms with Gasteiger partial charge in [-0.3, -0.25) is 0 Å². The van der Waals surface area contributed by atoms with E-state index in [1.807, 2.05) is 23.6 Å². The molecule has 0 aliphatic carbocycles. The molecule has 0 radical (unpaired) electrons. The zero-order chi connectivity index (χ0) is 14.1. The fraction of sp³-hybridized carbons (Fsp3) is 0. The van der Waals surface area contributed by atoms with Crippen LogP contribution in [0.5, 0.6) is 0 Å². The van der Waals surface area contributed by atoms with Gasteiger partial charge >= 0.3 is 0 Å². The van der Waals surface area contributed by atoms with Crippen molar-refractivity contribution in [2.24, 2.45) is 0 Å². The molecule has 0 atom stereocenters. The molecule has 0 bridgehead atoms. The van der Waals surface area contributed by atoms with E-state index >= 15 is 0 Å². The van der Waals surface area contributed by atoms with E-state index in [4.69, 9.17) is 5.73 Å². The highest BCUT2D eigenvalue weighted by Crippen LogP contribution is 2.30. The predicted octanol–water partition coefficient (Wildman–Crippen LogP) is 4.34. The second-order valence-corrected chi connectivity index (χ2v) is 5.15. The second-order valence-electron chi connectivity index (χ2n) is 4.29. The number of hydrogen-bond donors (Lipinski definition) is 1. The molecule has 2 N–H and O–H groups in total. The van der Waals surface area contributed by atoms with Crippen molar-refractivity contribution in [2.45, 2.75) is 0 Å². The van der Waals surface area contributed by atoms with E-state index in [9.17, 15) is 8.78 Å². The van der Waals surface area contributed by atoms with Gasteiger partial charge < -0.3 is 5.73 Å². The number of anilines is 1. The molecule has 2 nitrogen and oxygen atoms in total. The van der Waals surface area contributed by atoms with Crippen LogP contribution in [0.2, 0.25) is 0 Å². The van der Waals surface area contributed by atoms with Crippen LogP contribution in [-0.4, -0.2) is 4.98 Å². The molecule has 20 heavy (non-hydrogen) atoms. The summed E-state index contributed by atoms with van der Waals surface area (Å²) < 4.78 is 26.2. The molecule has 3 aromatic rings. The summed E-state index contributed by atoms with van der Waals surface area (Å²) in [6.45, 7) is 0. The number of halogens is 2. The molecule has 0 aliphatic heterocycles. The Bertz CT molecular complexity index is 768. The van der Waals surface area contributed by atoms with Gasteiger partial charge in [-0.25, -0.2) is 13.8 Å². The van der Waals surface area contributed by atoms with Crippen LogP contribution >= 0.6 is 11.3 Å². The summed E-state index contributed by atoms with van der Waals surface area (Å²) in [6.07, 6.45) is 0. The summed E-state index contributed by atoms with van der Waals surface area (Å²) in [5.74, 6) is -1.74. The number of nitrogens with two attached hydrogens (primary N) is 1. The van der Waals surface area contributed by atoms with E-state index in [0.717, 1.165) is 22.7 Å². The van der Waals surface area contributed by atoms with Crippen LogP contribution in [0.25, 0.3) is 21.8 Å². The Balaban J connectivity index is 1.99. The lowest BCUT2D eigenvalue weighted by Gasteiger charge is -1.99. The molecule has 3 rings (SSSR count). The van der Waals surface area contributed by atoms with Crippen molar-refractivity contribution in [3.05, 3.63) is 59.5 Å². The van der Waals surface area contributed by atoms with Crippen molar-refractivity contribution in [1.82, 2.24) is 4.98 Å². The van der Waals surface area contributed by atoms with Crippen molar-refractivity contribution < 1.29 is 8.78 Å². The smallest absolute Gasteiger partial charge is 0.159 e. The van der Waals surface area contributed by atoms with Gasteiger partial charge in [0.05, 0.1) is 5.69 Å². The van der Waals surface area contributed by atoms with Crippen LogP contribution in [0.4, 0.5) is 14.5 Å². The Kier molecular flexibility index (Phi) is 3.20. The number of rotatable bonds is 2. The minimum absolute atomic E-state index is 0.551. The summed E-state index contributed by atoms with van der Waals surface area (Å²) in [5, 5.41) is 2.60. The molecule has 1 aromatic heterocycles. The number of nitrogen functional groups attached to an aromatic ring is 1. The Hall–Kier alpha value is -2.27. The van der Waals surface area contributed by atoms with Gasteiger partial charge in [0, 0.05) is 22.2 Å². The number of aromatic nitrogens is 1. The van der Waals surface area contributed by atoms with Gasteiger partial charge in [0.15, 0.2) is 11.6 Å². The minimum atomic E-state index is -0.874. The summed E-state index contributed by atoms with van der Waals surface area (Å²) in [4.78, 5) is 4.44. The zero-order valence-corrected chi connectivity index (χ0v) is 11.1. The number of thiazole rings is 1. The zero-order valence-electron chi connectivity index (χ0n) is 10.3. The first-order valence-electron chi connectivity index (χ1n) is 5.90. The number of benzene rings is 2. The van der Waals surface area contributed by atoms with Crippen LogP contribution < -0.4 is 5.73 Å². The van der Waals surface area contributed by atoms with Crippen molar-refractivity contribution in [1.29, 1.82) is 0 Å². The third kappa shape index (κ3) is 2.40. The molecule has 100 valence electrons. The molecule has 1 heterocycles. The molecule has 5 heteroatoms. The van der Waals surface area contributed by atoms with Crippen molar-refractivity contribution in [3.63, 3.8) is 0 Å². The van der Waals surface area contributed by atoms with E-state index in [1.165, 1.54) is 17.4 Å². The Labute approximate surface area is 118 Å². The van der Waals surface area contributed by atoms with E-state index < -0.39 is 11.6 Å². The molecule has 0 unspecified atom stereocenters. The summed E-state index contributed by atoms with van der Waals surface area (Å²) in [7, 11) is 0. The third-order valence-electron chi connectivity index (χ3n) is 2.85. The quantitative estimate of drug-likeness (QED) is 0.712. The maximum atomic E-state index is 13.2. The molecule has 0 saturated carbocycles. The van der Waals surface area contributed by atoms with Gasteiger partial charge in [-0.05, 0) is 30.3 Å². The van der Waals surface area contributed by atoms with Gasteiger partial charge in [0.1, 0.15) is 5.01 Å². The van der Waals surface area contributed by atoms with Gasteiger partial charge in [-0.1, -0.05) is 12.1 Å². The highest BCUT2D eigenvalue weighted by Gasteiger charge is 2.09. The molecule has 0 fully saturated rings. The fourth-order valence-electron chi connectivity index (χ4n) is 1.87. The van der Waals surface area contributed by atoms with Crippen LogP contribution in [0.15, 0.2) is 47.8 Å². The predicted molar refractivity (Wildman–Crippen MR) is 77.3 cm³/mol. The lowest BCUT2D eigenvalue weighted by atomic mass is 10.1. The first-order chi connectivity index (χ1) is 9.63. The van der Waals surface area contributed by atoms with Crippen LogP contribution in [0.1, 0.15) is 0 Å². The maximum Gasteiger partial charge on any atom is 0.159 e. The van der Waals surface area contributed by atoms with Crippen LogP contribution in [-0.2, 0) is 0 Å². The fourth-order valence-corrected chi connectivity index (χ4v) is 2.69. The van der Waals surface area contributed by atoms with Gasteiger partial charge in [-0.2, -0.15) is 0 Å². The monoisotopic (exact) mass is 288 g/mol. The normalized spacial score (nSPS) is 10.7. The lowest BCUT2D eigenvalue weighted by Crippen LogP contribution is -1.86. The highest BCUT2D eigenvalue weighted by molar-refractivity contribution is 7.13.